The number of amides is 1. The van der Waals surface area contributed by atoms with Crippen molar-refractivity contribution >= 4 is 40.4 Å². The second-order valence-corrected chi connectivity index (χ2v) is 8.85. The SMILES string of the molecule is CCCCCN1C(=O)C(=O)/C(=C(/O)c2cc(C)cc(Cl)c2OC)C1c1sccc1C. The molecule has 0 spiro atoms. The summed E-state index contributed by atoms with van der Waals surface area (Å²) < 4.78 is 5.40. The number of ether oxygens (including phenoxy) is 1. The largest absolute Gasteiger partial charge is 0.507 e. The lowest BCUT2D eigenvalue weighted by Crippen LogP contribution is -2.30. The van der Waals surface area contributed by atoms with Crippen LogP contribution in [0.3, 0.4) is 0 Å². The highest BCUT2D eigenvalue weighted by Gasteiger charge is 2.47. The molecule has 0 aliphatic carbocycles. The van der Waals surface area contributed by atoms with Crippen LogP contribution in [0.5, 0.6) is 5.75 Å². The van der Waals surface area contributed by atoms with Crippen molar-refractivity contribution in [3.05, 3.63) is 55.7 Å². The summed E-state index contributed by atoms with van der Waals surface area (Å²) in [5, 5.41) is 13.5. The number of ketones is 1. The maximum absolute atomic E-state index is 13.1. The third-order valence-electron chi connectivity index (χ3n) is 5.34. The van der Waals surface area contributed by atoms with Crippen molar-refractivity contribution in [1.29, 1.82) is 0 Å². The maximum Gasteiger partial charge on any atom is 0.295 e. The van der Waals surface area contributed by atoms with Crippen LogP contribution in [0.15, 0.2) is 29.2 Å². The van der Waals surface area contributed by atoms with E-state index in [1.807, 2.05) is 25.3 Å². The number of carbonyl (C=O) groups excluding carboxylic acids is 2. The van der Waals surface area contributed by atoms with Gasteiger partial charge in [0, 0.05) is 11.4 Å². The molecule has 7 heteroatoms. The minimum Gasteiger partial charge on any atom is -0.507 e. The van der Waals surface area contributed by atoms with Crippen molar-refractivity contribution in [2.24, 2.45) is 0 Å². The standard InChI is InChI=1S/C23H26ClNO4S/c1-5-6-7-9-25-18(22-14(3)8-10-30-22)17(20(27)23(25)28)19(26)15-11-13(2)12-16(24)21(15)29-4/h8,10-12,18,26H,5-7,9H2,1-4H3/b19-17+. The van der Waals surface area contributed by atoms with Crippen LogP contribution in [0.2, 0.25) is 5.02 Å². The van der Waals surface area contributed by atoms with Gasteiger partial charge >= 0.3 is 0 Å². The lowest BCUT2D eigenvalue weighted by atomic mass is 9.97. The average molecular weight is 448 g/mol. The molecule has 1 aromatic carbocycles. The molecule has 2 aromatic rings. The first-order valence-electron chi connectivity index (χ1n) is 9.98. The molecule has 1 N–H and O–H groups in total. The first-order chi connectivity index (χ1) is 14.3. The summed E-state index contributed by atoms with van der Waals surface area (Å²) >= 11 is 7.78. The summed E-state index contributed by atoms with van der Waals surface area (Å²) in [5.74, 6) is -1.24. The number of nitrogens with zero attached hydrogens (tertiary/aromatic N) is 1. The van der Waals surface area contributed by atoms with Crippen LogP contribution in [-0.2, 0) is 9.59 Å². The molecular weight excluding hydrogens is 422 g/mol. The third kappa shape index (κ3) is 3.98. The highest BCUT2D eigenvalue weighted by molar-refractivity contribution is 7.10. The Bertz CT molecular complexity index is 1010. The van der Waals surface area contributed by atoms with Crippen molar-refractivity contribution in [3.63, 3.8) is 0 Å². The molecule has 1 saturated heterocycles. The lowest BCUT2D eigenvalue weighted by molar-refractivity contribution is -0.139. The summed E-state index contributed by atoms with van der Waals surface area (Å²) in [5.41, 5.74) is 2.19. The lowest BCUT2D eigenvalue weighted by Gasteiger charge is -2.25. The van der Waals surface area contributed by atoms with Crippen molar-refractivity contribution in [3.8, 4) is 5.75 Å². The number of aryl methyl sites for hydroxylation is 2. The zero-order valence-electron chi connectivity index (χ0n) is 17.6. The van der Waals surface area contributed by atoms with E-state index in [1.165, 1.54) is 18.4 Å². The van der Waals surface area contributed by atoms with Crippen LogP contribution in [0.25, 0.3) is 5.76 Å². The maximum atomic E-state index is 13.1. The van der Waals surface area contributed by atoms with Crippen molar-refractivity contribution < 1.29 is 19.4 Å². The Labute approximate surface area is 185 Å². The van der Waals surface area contributed by atoms with Crippen LogP contribution in [0.1, 0.15) is 53.8 Å². The molecule has 0 saturated carbocycles. The fourth-order valence-corrected chi connectivity index (χ4v) is 5.24. The molecule has 0 radical (unpaired) electrons. The number of likely N-dealkylation sites (tertiary alicyclic amines) is 1. The van der Waals surface area contributed by atoms with E-state index in [4.69, 9.17) is 16.3 Å². The van der Waals surface area contributed by atoms with E-state index in [2.05, 4.69) is 6.92 Å². The molecule has 1 unspecified atom stereocenters. The Morgan fingerprint density at radius 3 is 2.60 bits per heavy atom. The number of thiophene rings is 1. The summed E-state index contributed by atoms with van der Waals surface area (Å²) in [6.45, 7) is 6.33. The highest BCUT2D eigenvalue weighted by Crippen LogP contribution is 2.44. The predicted molar refractivity (Wildman–Crippen MR) is 120 cm³/mol. The van der Waals surface area contributed by atoms with Gasteiger partial charge in [0.05, 0.1) is 29.3 Å². The average Bonchev–Trinajstić information content (AvgIpc) is 3.22. The van der Waals surface area contributed by atoms with Crippen molar-refractivity contribution in [1.82, 2.24) is 4.90 Å². The Hall–Kier alpha value is -2.31. The zero-order chi connectivity index (χ0) is 22.0. The molecule has 1 aliphatic rings. The van der Waals surface area contributed by atoms with Crippen LogP contribution in [0.4, 0.5) is 0 Å². The Morgan fingerprint density at radius 2 is 2.00 bits per heavy atom. The number of hydrogen-bond acceptors (Lipinski definition) is 5. The quantitative estimate of drug-likeness (QED) is 0.258. The van der Waals surface area contributed by atoms with Gasteiger partial charge < -0.3 is 14.7 Å². The van der Waals surface area contributed by atoms with Gasteiger partial charge in [-0.1, -0.05) is 31.4 Å². The van der Waals surface area contributed by atoms with E-state index in [0.717, 1.165) is 35.3 Å². The van der Waals surface area contributed by atoms with Gasteiger partial charge in [-0.3, -0.25) is 9.59 Å². The number of benzene rings is 1. The molecule has 1 amide bonds. The van der Waals surface area contributed by atoms with Crippen molar-refractivity contribution in [2.45, 2.75) is 46.1 Å². The van der Waals surface area contributed by atoms with E-state index in [1.54, 1.807) is 17.0 Å². The Morgan fingerprint density at radius 1 is 1.27 bits per heavy atom. The van der Waals surface area contributed by atoms with Gasteiger partial charge in [-0.15, -0.1) is 11.3 Å². The van der Waals surface area contributed by atoms with E-state index < -0.39 is 17.7 Å². The smallest absolute Gasteiger partial charge is 0.295 e. The summed E-state index contributed by atoms with van der Waals surface area (Å²) in [6, 6.07) is 4.77. The molecule has 3 rings (SSSR count). The monoisotopic (exact) mass is 447 g/mol. The van der Waals surface area contributed by atoms with Crippen LogP contribution in [-0.4, -0.2) is 35.4 Å². The molecule has 0 bridgehead atoms. The van der Waals surface area contributed by atoms with Gasteiger partial charge in [0.25, 0.3) is 11.7 Å². The van der Waals surface area contributed by atoms with Crippen LogP contribution < -0.4 is 4.74 Å². The number of halogens is 1. The minimum absolute atomic E-state index is 0.0852. The minimum atomic E-state index is -0.679. The molecule has 2 heterocycles. The Kier molecular flexibility index (Phi) is 6.88. The van der Waals surface area contributed by atoms with Crippen LogP contribution in [0, 0.1) is 13.8 Å². The van der Waals surface area contributed by atoms with E-state index in [9.17, 15) is 14.7 Å². The molecule has 1 aliphatic heterocycles. The van der Waals surface area contributed by atoms with E-state index in [-0.39, 0.29) is 17.1 Å². The van der Waals surface area contributed by atoms with Gasteiger partial charge in [0.15, 0.2) is 0 Å². The van der Waals surface area contributed by atoms with Crippen LogP contribution >= 0.6 is 22.9 Å². The highest BCUT2D eigenvalue weighted by atomic mass is 35.5. The number of Topliss-reactive ketones (excluding diaryl/α,β-unsaturated/α-hetero) is 1. The molecule has 160 valence electrons. The second kappa shape index (κ2) is 9.23. The van der Waals surface area contributed by atoms with Gasteiger partial charge in [-0.2, -0.15) is 0 Å². The molecular formula is C23H26ClNO4S. The third-order valence-corrected chi connectivity index (χ3v) is 6.69. The fraction of sp³-hybridized carbons (Fsp3) is 0.391. The fourth-order valence-electron chi connectivity index (χ4n) is 3.84. The molecule has 5 nitrogen and oxygen atoms in total. The summed E-state index contributed by atoms with van der Waals surface area (Å²) in [7, 11) is 1.46. The van der Waals surface area contributed by atoms with E-state index in [0.29, 0.717) is 17.1 Å². The molecule has 1 atom stereocenters. The van der Waals surface area contributed by atoms with Crippen molar-refractivity contribution in [2.75, 3.05) is 13.7 Å². The van der Waals surface area contributed by atoms with Gasteiger partial charge in [-0.25, -0.2) is 0 Å². The van der Waals surface area contributed by atoms with Gasteiger partial charge in [0.1, 0.15) is 11.5 Å². The second-order valence-electron chi connectivity index (χ2n) is 7.50. The molecule has 1 fully saturated rings. The van der Waals surface area contributed by atoms with Gasteiger partial charge in [0.2, 0.25) is 0 Å². The number of hydrogen-bond donors (Lipinski definition) is 1. The summed E-state index contributed by atoms with van der Waals surface area (Å²) in [6.07, 6.45) is 2.76. The number of aliphatic hydroxyl groups excluding tert-OH is 1. The first-order valence-corrected chi connectivity index (χ1v) is 11.2. The molecule has 1 aromatic heterocycles. The number of rotatable bonds is 7. The topological polar surface area (TPSA) is 66.8 Å². The normalized spacial score (nSPS) is 18.3. The number of carbonyl (C=O) groups is 2. The number of aliphatic hydroxyl groups is 1. The number of unbranched alkanes of at least 4 members (excludes halogenated alkanes) is 2. The zero-order valence-corrected chi connectivity index (χ0v) is 19.2. The van der Waals surface area contributed by atoms with E-state index >= 15 is 0 Å². The number of methoxy groups -OCH3 is 1. The predicted octanol–water partition coefficient (Wildman–Crippen LogP) is 5.64. The molecule has 30 heavy (non-hydrogen) atoms. The Balaban J connectivity index is 2.21. The first kappa shape index (κ1) is 22.4. The summed E-state index contributed by atoms with van der Waals surface area (Å²) in [4.78, 5) is 28.5. The van der Waals surface area contributed by atoms with Gasteiger partial charge in [-0.05, 0) is 55.0 Å².